The molecule has 0 spiro atoms. The lowest BCUT2D eigenvalue weighted by molar-refractivity contribution is -0.140. The fraction of sp³-hybridized carbons (Fsp3) is 0.667. The Morgan fingerprint density at radius 1 is 1.53 bits per heavy atom. The fourth-order valence-electron chi connectivity index (χ4n) is 2.83. The molecule has 0 aliphatic heterocycles. The summed E-state index contributed by atoms with van der Waals surface area (Å²) in [5.41, 5.74) is 0. The van der Waals surface area contributed by atoms with Crippen LogP contribution in [0, 0.1) is 35.0 Å². The topological polar surface area (TPSA) is 61.1 Å². The fourth-order valence-corrected chi connectivity index (χ4v) is 2.83. The van der Waals surface area contributed by atoms with Crippen molar-refractivity contribution >= 4 is 5.97 Å². The lowest BCUT2D eigenvalue weighted by Gasteiger charge is -2.38. The van der Waals surface area contributed by atoms with Gasteiger partial charge in [-0.2, -0.15) is 5.26 Å². The minimum Gasteiger partial charge on any atom is -0.480 e. The van der Waals surface area contributed by atoms with E-state index in [0.29, 0.717) is 24.2 Å². The molecule has 1 fully saturated rings. The SMILES string of the molecule is N#CC(CC1CC2C=CC1CC2)C(=O)O. The second-order valence-electron chi connectivity index (χ2n) is 4.64. The Balaban J connectivity index is 1.99. The van der Waals surface area contributed by atoms with E-state index in [2.05, 4.69) is 12.2 Å². The number of carboxylic acids is 1. The molecule has 0 heterocycles. The number of nitrogens with zero attached hydrogens (tertiary/aromatic N) is 1. The molecule has 80 valence electrons. The van der Waals surface area contributed by atoms with Gasteiger partial charge in [0.15, 0.2) is 0 Å². The van der Waals surface area contributed by atoms with Gasteiger partial charge in [0.25, 0.3) is 0 Å². The Morgan fingerprint density at radius 3 is 2.73 bits per heavy atom. The van der Waals surface area contributed by atoms with Gasteiger partial charge in [-0.1, -0.05) is 12.2 Å². The molecule has 1 N–H and O–H groups in total. The molecular weight excluding hydrogens is 190 g/mol. The molecule has 0 radical (unpaired) electrons. The van der Waals surface area contributed by atoms with E-state index >= 15 is 0 Å². The van der Waals surface area contributed by atoms with Crippen LogP contribution in [-0.4, -0.2) is 11.1 Å². The van der Waals surface area contributed by atoms with Crippen molar-refractivity contribution in [2.24, 2.45) is 23.7 Å². The Hall–Kier alpha value is -1.30. The average molecular weight is 205 g/mol. The van der Waals surface area contributed by atoms with Gasteiger partial charge in [-0.15, -0.1) is 0 Å². The predicted octanol–water partition coefficient (Wildman–Crippen LogP) is 2.20. The minimum atomic E-state index is -0.970. The number of carbonyl (C=O) groups is 1. The van der Waals surface area contributed by atoms with Crippen molar-refractivity contribution in [2.75, 3.05) is 0 Å². The third-order valence-electron chi connectivity index (χ3n) is 3.70. The van der Waals surface area contributed by atoms with Crippen LogP contribution in [0.15, 0.2) is 12.2 Å². The van der Waals surface area contributed by atoms with Crippen LogP contribution in [-0.2, 0) is 4.79 Å². The highest BCUT2D eigenvalue weighted by Crippen LogP contribution is 2.42. The van der Waals surface area contributed by atoms with E-state index in [1.165, 1.54) is 12.8 Å². The molecule has 3 rings (SSSR count). The molecule has 0 aromatic rings. The largest absolute Gasteiger partial charge is 0.480 e. The zero-order valence-electron chi connectivity index (χ0n) is 8.60. The maximum Gasteiger partial charge on any atom is 0.320 e. The summed E-state index contributed by atoms with van der Waals surface area (Å²) in [5.74, 6) is -0.224. The molecule has 3 aliphatic carbocycles. The van der Waals surface area contributed by atoms with Crippen LogP contribution in [0.1, 0.15) is 25.7 Å². The third kappa shape index (κ3) is 2.04. The van der Waals surface area contributed by atoms with Crippen LogP contribution in [0.2, 0.25) is 0 Å². The summed E-state index contributed by atoms with van der Waals surface area (Å²) in [6, 6.07) is 1.88. The van der Waals surface area contributed by atoms with Gasteiger partial charge in [0.2, 0.25) is 0 Å². The molecule has 4 unspecified atom stereocenters. The summed E-state index contributed by atoms with van der Waals surface area (Å²) >= 11 is 0. The van der Waals surface area contributed by atoms with Gasteiger partial charge in [-0.05, 0) is 43.4 Å². The maximum absolute atomic E-state index is 10.8. The first-order valence-electron chi connectivity index (χ1n) is 5.51. The number of hydrogen-bond donors (Lipinski definition) is 1. The van der Waals surface area contributed by atoms with E-state index in [9.17, 15) is 4.79 Å². The molecule has 0 saturated heterocycles. The van der Waals surface area contributed by atoms with Gasteiger partial charge >= 0.3 is 5.97 Å². The molecule has 3 heteroatoms. The Kier molecular flexibility index (Phi) is 2.77. The number of aliphatic carboxylic acids is 1. The van der Waals surface area contributed by atoms with Crippen LogP contribution in [0.4, 0.5) is 0 Å². The summed E-state index contributed by atoms with van der Waals surface area (Å²) in [4.78, 5) is 10.8. The van der Waals surface area contributed by atoms with E-state index in [1.807, 2.05) is 6.07 Å². The summed E-state index contributed by atoms with van der Waals surface area (Å²) in [5, 5.41) is 17.6. The van der Waals surface area contributed by atoms with Crippen LogP contribution in [0.5, 0.6) is 0 Å². The lowest BCUT2D eigenvalue weighted by atomic mass is 9.67. The Labute approximate surface area is 89.4 Å². The van der Waals surface area contributed by atoms with Gasteiger partial charge in [0, 0.05) is 0 Å². The number of carboxylic acid groups (broad SMARTS) is 1. The number of rotatable bonds is 3. The van der Waals surface area contributed by atoms with Crippen molar-refractivity contribution in [1.29, 1.82) is 5.26 Å². The summed E-state index contributed by atoms with van der Waals surface area (Å²) in [6.45, 7) is 0. The van der Waals surface area contributed by atoms with Gasteiger partial charge in [0.1, 0.15) is 5.92 Å². The van der Waals surface area contributed by atoms with Crippen molar-refractivity contribution in [3.05, 3.63) is 12.2 Å². The van der Waals surface area contributed by atoms with Crippen molar-refractivity contribution in [3.8, 4) is 6.07 Å². The number of fused-ring (bicyclic) bond motifs is 2. The van der Waals surface area contributed by atoms with Gasteiger partial charge in [-0.25, -0.2) is 0 Å². The zero-order valence-corrected chi connectivity index (χ0v) is 8.60. The predicted molar refractivity (Wildman–Crippen MR) is 54.8 cm³/mol. The molecule has 0 aromatic carbocycles. The van der Waals surface area contributed by atoms with Crippen molar-refractivity contribution in [3.63, 3.8) is 0 Å². The normalized spacial score (nSPS) is 34.7. The zero-order chi connectivity index (χ0) is 10.8. The van der Waals surface area contributed by atoms with E-state index in [-0.39, 0.29) is 0 Å². The molecule has 1 saturated carbocycles. The molecule has 15 heavy (non-hydrogen) atoms. The number of hydrogen-bond acceptors (Lipinski definition) is 2. The Morgan fingerprint density at radius 2 is 2.33 bits per heavy atom. The number of nitriles is 1. The molecule has 0 amide bonds. The van der Waals surface area contributed by atoms with Crippen LogP contribution in [0.3, 0.4) is 0 Å². The maximum atomic E-state index is 10.8. The number of allylic oxidation sites excluding steroid dienone is 2. The van der Waals surface area contributed by atoms with Crippen LogP contribution < -0.4 is 0 Å². The van der Waals surface area contributed by atoms with Crippen molar-refractivity contribution in [2.45, 2.75) is 25.7 Å². The summed E-state index contributed by atoms with van der Waals surface area (Å²) < 4.78 is 0. The first-order valence-corrected chi connectivity index (χ1v) is 5.51. The summed E-state index contributed by atoms with van der Waals surface area (Å²) in [6.07, 6.45) is 8.49. The monoisotopic (exact) mass is 205 g/mol. The quantitative estimate of drug-likeness (QED) is 0.718. The Bertz CT molecular complexity index is 329. The van der Waals surface area contributed by atoms with Crippen LogP contribution in [0.25, 0.3) is 0 Å². The highest BCUT2D eigenvalue weighted by molar-refractivity contribution is 5.72. The van der Waals surface area contributed by atoms with Crippen molar-refractivity contribution < 1.29 is 9.90 Å². The third-order valence-corrected chi connectivity index (χ3v) is 3.70. The minimum absolute atomic E-state index is 0.412. The smallest absolute Gasteiger partial charge is 0.320 e. The molecule has 0 aromatic heterocycles. The molecule has 4 atom stereocenters. The average Bonchev–Trinajstić information content (AvgIpc) is 2.27. The first-order chi connectivity index (χ1) is 7.20. The van der Waals surface area contributed by atoms with Gasteiger partial charge in [0.05, 0.1) is 6.07 Å². The van der Waals surface area contributed by atoms with Crippen LogP contribution >= 0.6 is 0 Å². The highest BCUT2D eigenvalue weighted by Gasteiger charge is 2.34. The molecule has 2 bridgehead atoms. The van der Waals surface area contributed by atoms with E-state index in [4.69, 9.17) is 10.4 Å². The van der Waals surface area contributed by atoms with Gasteiger partial charge in [-0.3, -0.25) is 4.79 Å². The lowest BCUT2D eigenvalue weighted by Crippen LogP contribution is -2.30. The highest BCUT2D eigenvalue weighted by atomic mass is 16.4. The van der Waals surface area contributed by atoms with Gasteiger partial charge < -0.3 is 5.11 Å². The molecule has 3 nitrogen and oxygen atoms in total. The van der Waals surface area contributed by atoms with E-state index < -0.39 is 11.9 Å². The van der Waals surface area contributed by atoms with Crippen molar-refractivity contribution in [1.82, 2.24) is 0 Å². The molecule has 3 aliphatic rings. The summed E-state index contributed by atoms with van der Waals surface area (Å²) in [7, 11) is 0. The second-order valence-corrected chi connectivity index (χ2v) is 4.64. The molecular formula is C12H15NO2. The van der Waals surface area contributed by atoms with E-state index in [1.54, 1.807) is 0 Å². The standard InChI is InChI=1S/C12H15NO2/c13-7-11(12(14)15)6-10-5-8-1-3-9(10)4-2-8/h1,3,8-11H,2,4-6H2,(H,14,15). The second kappa shape index (κ2) is 4.06. The van der Waals surface area contributed by atoms with E-state index in [0.717, 1.165) is 6.42 Å². The first kappa shape index (κ1) is 10.2.